The van der Waals surface area contributed by atoms with E-state index in [1.54, 1.807) is 0 Å². The van der Waals surface area contributed by atoms with Crippen LogP contribution in [0.5, 0.6) is 0 Å². The lowest BCUT2D eigenvalue weighted by Gasteiger charge is -2.15. The number of aliphatic hydroxyl groups excluding tert-OH is 1. The molecule has 0 spiro atoms. The van der Waals surface area contributed by atoms with Crippen molar-refractivity contribution >= 4 is 0 Å². The van der Waals surface area contributed by atoms with Crippen LogP contribution < -0.4 is 0 Å². The maximum Gasteiger partial charge on any atom is 0.0826 e. The summed E-state index contributed by atoms with van der Waals surface area (Å²) in [4.78, 5) is 0. The Labute approximate surface area is 85.8 Å². The Hall–Kier alpha value is -0.820. The summed E-state index contributed by atoms with van der Waals surface area (Å²) in [6.07, 6.45) is 0.869. The van der Waals surface area contributed by atoms with Crippen molar-refractivity contribution in [2.24, 2.45) is 11.3 Å². The summed E-state index contributed by atoms with van der Waals surface area (Å²) in [5.41, 5.74) is 2.63. The molecule has 1 N–H and O–H groups in total. The lowest BCUT2D eigenvalue weighted by molar-refractivity contribution is 0.138. The zero-order valence-corrected chi connectivity index (χ0v) is 9.12. The minimum absolute atomic E-state index is 0.272. The van der Waals surface area contributed by atoms with E-state index in [0.29, 0.717) is 11.3 Å². The van der Waals surface area contributed by atoms with Crippen LogP contribution in [-0.2, 0) is 0 Å². The quantitative estimate of drug-likeness (QED) is 0.760. The van der Waals surface area contributed by atoms with Crippen LogP contribution >= 0.6 is 0 Å². The van der Waals surface area contributed by atoms with Crippen LogP contribution in [0.2, 0.25) is 0 Å². The van der Waals surface area contributed by atoms with Gasteiger partial charge in [0.1, 0.15) is 0 Å². The molecule has 1 aliphatic rings. The lowest BCUT2D eigenvalue weighted by Crippen LogP contribution is -2.06. The van der Waals surface area contributed by atoms with Crippen LogP contribution in [0.4, 0.5) is 0 Å². The van der Waals surface area contributed by atoms with Crippen LogP contribution in [0.25, 0.3) is 0 Å². The zero-order valence-electron chi connectivity index (χ0n) is 9.12. The van der Waals surface area contributed by atoms with Crippen LogP contribution in [-0.4, -0.2) is 5.11 Å². The molecule has 0 aromatic heterocycles. The monoisotopic (exact) mass is 190 g/mol. The Morgan fingerprint density at radius 3 is 2.43 bits per heavy atom. The lowest BCUT2D eigenvalue weighted by atomic mass is 9.96. The van der Waals surface area contributed by atoms with Gasteiger partial charge in [0.2, 0.25) is 0 Å². The van der Waals surface area contributed by atoms with Crippen molar-refractivity contribution in [3.05, 3.63) is 35.4 Å². The molecule has 1 nitrogen and oxygen atoms in total. The molecule has 0 saturated heterocycles. The molecule has 1 aromatic rings. The van der Waals surface area contributed by atoms with E-state index in [-0.39, 0.29) is 6.10 Å². The van der Waals surface area contributed by atoms with Gasteiger partial charge in [0.05, 0.1) is 6.10 Å². The van der Waals surface area contributed by atoms with Gasteiger partial charge in [-0.25, -0.2) is 0 Å². The average Bonchev–Trinajstić information content (AvgIpc) is 2.75. The highest BCUT2D eigenvalue weighted by Crippen LogP contribution is 2.57. The van der Waals surface area contributed by atoms with Crippen molar-refractivity contribution in [2.45, 2.75) is 33.3 Å². The van der Waals surface area contributed by atoms with Crippen molar-refractivity contribution in [3.63, 3.8) is 0 Å². The fourth-order valence-electron chi connectivity index (χ4n) is 2.18. The van der Waals surface area contributed by atoms with Gasteiger partial charge in [0.25, 0.3) is 0 Å². The van der Waals surface area contributed by atoms with E-state index in [1.807, 2.05) is 18.2 Å². The Bertz CT molecular complexity index is 341. The van der Waals surface area contributed by atoms with E-state index in [0.717, 1.165) is 12.0 Å². The van der Waals surface area contributed by atoms with Crippen molar-refractivity contribution < 1.29 is 5.11 Å². The third-order valence-electron chi connectivity index (χ3n) is 3.48. The molecule has 14 heavy (non-hydrogen) atoms. The summed E-state index contributed by atoms with van der Waals surface area (Å²) in [6.45, 7) is 6.51. The summed E-state index contributed by atoms with van der Waals surface area (Å²) in [5.74, 6) is 0.448. The van der Waals surface area contributed by atoms with Gasteiger partial charge in [-0.1, -0.05) is 38.1 Å². The molecule has 76 valence electrons. The van der Waals surface area contributed by atoms with Crippen LogP contribution in [0.15, 0.2) is 24.3 Å². The van der Waals surface area contributed by atoms with Crippen molar-refractivity contribution in [2.75, 3.05) is 0 Å². The second kappa shape index (κ2) is 3.09. The highest BCUT2D eigenvalue weighted by atomic mass is 16.3. The topological polar surface area (TPSA) is 20.2 Å². The molecule has 1 saturated carbocycles. The van der Waals surface area contributed by atoms with Crippen molar-refractivity contribution in [1.29, 1.82) is 0 Å². The highest BCUT2D eigenvalue weighted by Gasteiger charge is 2.50. The molecule has 1 fully saturated rings. The van der Waals surface area contributed by atoms with Gasteiger partial charge in [-0.3, -0.25) is 0 Å². The smallest absolute Gasteiger partial charge is 0.0826 e. The van der Waals surface area contributed by atoms with E-state index in [9.17, 15) is 5.11 Å². The first-order valence-electron chi connectivity index (χ1n) is 5.26. The van der Waals surface area contributed by atoms with Gasteiger partial charge in [-0.05, 0) is 35.8 Å². The number of benzene rings is 1. The molecule has 0 radical (unpaired) electrons. The fourth-order valence-corrected chi connectivity index (χ4v) is 2.18. The summed E-state index contributed by atoms with van der Waals surface area (Å²) >= 11 is 0. The molecule has 2 atom stereocenters. The van der Waals surface area contributed by atoms with Crippen molar-refractivity contribution in [3.8, 4) is 0 Å². The third-order valence-corrected chi connectivity index (χ3v) is 3.48. The van der Waals surface area contributed by atoms with E-state index in [4.69, 9.17) is 0 Å². The second-order valence-corrected chi connectivity index (χ2v) is 5.10. The minimum Gasteiger partial charge on any atom is -0.388 e. The van der Waals surface area contributed by atoms with Crippen LogP contribution in [0.1, 0.15) is 37.5 Å². The number of hydrogen-bond donors (Lipinski definition) is 1. The summed E-state index contributed by atoms with van der Waals surface area (Å²) in [5, 5.41) is 10.2. The minimum atomic E-state index is -0.272. The predicted octanol–water partition coefficient (Wildman–Crippen LogP) is 3.07. The molecule has 1 heteroatoms. The van der Waals surface area contributed by atoms with Gasteiger partial charge in [-0.15, -0.1) is 0 Å². The molecular formula is C13H18O. The number of aliphatic hydroxyl groups is 1. The second-order valence-electron chi connectivity index (χ2n) is 5.10. The number of aryl methyl sites for hydroxylation is 1. The first-order valence-corrected chi connectivity index (χ1v) is 5.26. The molecule has 0 aliphatic heterocycles. The van der Waals surface area contributed by atoms with E-state index >= 15 is 0 Å². The molecule has 0 heterocycles. The fraction of sp³-hybridized carbons (Fsp3) is 0.538. The largest absolute Gasteiger partial charge is 0.388 e. The van der Waals surface area contributed by atoms with Gasteiger partial charge in [0, 0.05) is 0 Å². The Morgan fingerprint density at radius 1 is 1.36 bits per heavy atom. The van der Waals surface area contributed by atoms with Gasteiger partial charge in [-0.2, -0.15) is 0 Å². The first kappa shape index (κ1) is 9.72. The van der Waals surface area contributed by atoms with E-state index in [1.165, 1.54) is 5.56 Å². The average molecular weight is 190 g/mol. The van der Waals surface area contributed by atoms with Crippen molar-refractivity contribution in [1.82, 2.24) is 0 Å². The molecule has 1 aromatic carbocycles. The van der Waals surface area contributed by atoms with Gasteiger partial charge in [0.15, 0.2) is 0 Å². The maximum atomic E-state index is 10.2. The normalized spacial score (nSPS) is 25.9. The highest BCUT2D eigenvalue weighted by molar-refractivity contribution is 5.29. The molecule has 0 bridgehead atoms. The number of hydrogen-bond acceptors (Lipinski definition) is 1. The van der Waals surface area contributed by atoms with Crippen LogP contribution in [0.3, 0.4) is 0 Å². The summed E-state index contributed by atoms with van der Waals surface area (Å²) in [6, 6.07) is 8.12. The summed E-state index contributed by atoms with van der Waals surface area (Å²) < 4.78 is 0. The SMILES string of the molecule is Cc1ccccc1C(O)C1CC1(C)C. The van der Waals surface area contributed by atoms with E-state index < -0.39 is 0 Å². The predicted molar refractivity (Wildman–Crippen MR) is 58.0 cm³/mol. The third kappa shape index (κ3) is 1.57. The molecule has 0 amide bonds. The Morgan fingerprint density at radius 2 is 1.93 bits per heavy atom. The van der Waals surface area contributed by atoms with Crippen LogP contribution in [0, 0.1) is 18.3 Å². The molecule has 1 aliphatic carbocycles. The molecule has 2 rings (SSSR count). The molecule has 2 unspecified atom stereocenters. The summed E-state index contributed by atoms with van der Waals surface area (Å²) in [7, 11) is 0. The Kier molecular flexibility index (Phi) is 2.15. The Balaban J connectivity index is 2.21. The zero-order chi connectivity index (χ0) is 10.3. The van der Waals surface area contributed by atoms with Gasteiger partial charge >= 0.3 is 0 Å². The standard InChI is InChI=1S/C13H18O/c1-9-6-4-5-7-10(9)12(14)11-8-13(11,2)3/h4-7,11-12,14H,8H2,1-3H3. The first-order chi connectivity index (χ1) is 6.52. The van der Waals surface area contributed by atoms with E-state index in [2.05, 4.69) is 26.8 Å². The van der Waals surface area contributed by atoms with Gasteiger partial charge < -0.3 is 5.11 Å². The maximum absolute atomic E-state index is 10.2. The number of rotatable bonds is 2. The molecular weight excluding hydrogens is 172 g/mol.